The lowest BCUT2D eigenvalue weighted by Gasteiger charge is -2.28. The van der Waals surface area contributed by atoms with Crippen LogP contribution in [-0.4, -0.2) is 5.97 Å². The summed E-state index contributed by atoms with van der Waals surface area (Å²) in [4.78, 5) is 12.3. The average molecular weight is 391 g/mol. The molecule has 0 saturated heterocycles. The maximum Gasteiger partial charge on any atom is 0.343 e. The van der Waals surface area contributed by atoms with Gasteiger partial charge in [0.2, 0.25) is 0 Å². The molecule has 0 atom stereocenters. The van der Waals surface area contributed by atoms with E-state index in [4.69, 9.17) is 27.9 Å². The van der Waals surface area contributed by atoms with Crippen LogP contribution in [-0.2, 0) is 0 Å². The molecule has 1 fully saturated rings. The molecule has 1 saturated carbocycles. The van der Waals surface area contributed by atoms with Crippen molar-refractivity contribution in [2.75, 3.05) is 0 Å². The zero-order chi connectivity index (χ0) is 18.5. The van der Waals surface area contributed by atoms with Gasteiger partial charge in [-0.2, -0.15) is 0 Å². The predicted octanol–water partition coefficient (Wildman–Crippen LogP) is 7.29. The third-order valence-corrected chi connectivity index (χ3v) is 5.79. The fraction of sp³-hybridized carbons (Fsp3) is 0.409. The van der Waals surface area contributed by atoms with Crippen molar-refractivity contribution < 1.29 is 9.53 Å². The van der Waals surface area contributed by atoms with Gasteiger partial charge in [-0.25, -0.2) is 4.79 Å². The Morgan fingerprint density at radius 2 is 1.73 bits per heavy atom. The molecule has 0 unspecified atom stereocenters. The summed E-state index contributed by atoms with van der Waals surface area (Å²) in [6.07, 6.45) is 7.76. The summed E-state index contributed by atoms with van der Waals surface area (Å²) < 4.78 is 5.38. The molecule has 0 bridgehead atoms. The Labute approximate surface area is 165 Å². The lowest BCUT2D eigenvalue weighted by atomic mass is 9.77. The van der Waals surface area contributed by atoms with Gasteiger partial charge in [0.25, 0.3) is 0 Å². The highest BCUT2D eigenvalue weighted by Crippen LogP contribution is 2.37. The second-order valence-corrected chi connectivity index (χ2v) is 7.94. The Bertz CT molecular complexity index is 747. The van der Waals surface area contributed by atoms with E-state index in [1.165, 1.54) is 44.1 Å². The average Bonchev–Trinajstić information content (AvgIpc) is 2.65. The summed E-state index contributed by atoms with van der Waals surface area (Å²) in [7, 11) is 0. The van der Waals surface area contributed by atoms with Crippen molar-refractivity contribution in [1.82, 2.24) is 0 Å². The van der Waals surface area contributed by atoms with Crippen LogP contribution in [0.3, 0.4) is 0 Å². The zero-order valence-electron chi connectivity index (χ0n) is 15.0. The Balaban J connectivity index is 1.61. The first-order chi connectivity index (χ1) is 12.6. The maximum absolute atomic E-state index is 12.3. The Hall–Kier alpha value is -1.51. The van der Waals surface area contributed by atoms with Crippen molar-refractivity contribution in [2.45, 2.75) is 51.4 Å². The van der Waals surface area contributed by atoms with Crippen LogP contribution < -0.4 is 4.74 Å². The molecule has 26 heavy (non-hydrogen) atoms. The molecule has 0 amide bonds. The molecule has 0 aromatic heterocycles. The SMILES string of the molecule is CCCC1CCC(c2ccc(C(=O)Oc3ccc(Cl)cc3Cl)cc2)CC1. The normalized spacial score (nSPS) is 20.0. The van der Waals surface area contributed by atoms with E-state index in [2.05, 4.69) is 19.1 Å². The number of esters is 1. The zero-order valence-corrected chi connectivity index (χ0v) is 16.5. The second kappa shape index (κ2) is 8.92. The molecule has 2 aromatic carbocycles. The monoisotopic (exact) mass is 390 g/mol. The lowest BCUT2D eigenvalue weighted by Crippen LogP contribution is -2.13. The molecule has 1 aliphatic rings. The molecule has 0 heterocycles. The largest absolute Gasteiger partial charge is 0.421 e. The molecular weight excluding hydrogens is 367 g/mol. The second-order valence-electron chi connectivity index (χ2n) is 7.09. The van der Waals surface area contributed by atoms with E-state index in [0.717, 1.165) is 5.92 Å². The number of carbonyl (C=O) groups is 1. The van der Waals surface area contributed by atoms with Gasteiger partial charge < -0.3 is 4.74 Å². The van der Waals surface area contributed by atoms with Crippen LogP contribution >= 0.6 is 23.2 Å². The standard InChI is InChI=1S/C22H24Cl2O2/c1-2-3-15-4-6-16(7-5-15)17-8-10-18(11-9-17)22(25)26-21-13-12-19(23)14-20(21)24/h8-16H,2-7H2,1H3. The Morgan fingerprint density at radius 3 is 2.35 bits per heavy atom. The van der Waals surface area contributed by atoms with E-state index in [9.17, 15) is 4.79 Å². The number of halogens is 2. The first-order valence-corrected chi connectivity index (χ1v) is 10.1. The summed E-state index contributed by atoms with van der Waals surface area (Å²) in [5.41, 5.74) is 1.85. The number of ether oxygens (including phenoxy) is 1. The molecule has 1 aliphatic carbocycles. The summed E-state index contributed by atoms with van der Waals surface area (Å²) in [5, 5.41) is 0.833. The van der Waals surface area contributed by atoms with Crippen molar-refractivity contribution in [2.24, 2.45) is 5.92 Å². The van der Waals surface area contributed by atoms with Gasteiger partial charge in [0.1, 0.15) is 5.75 Å². The van der Waals surface area contributed by atoms with Crippen LogP contribution in [0.15, 0.2) is 42.5 Å². The summed E-state index contributed by atoms with van der Waals surface area (Å²) in [5.74, 6) is 1.42. The first-order valence-electron chi connectivity index (χ1n) is 9.34. The molecule has 138 valence electrons. The number of hydrogen-bond acceptors (Lipinski definition) is 2. The van der Waals surface area contributed by atoms with E-state index < -0.39 is 5.97 Å². The Kier molecular flexibility index (Phi) is 6.61. The van der Waals surface area contributed by atoms with E-state index in [0.29, 0.717) is 27.3 Å². The van der Waals surface area contributed by atoms with Gasteiger partial charge in [-0.1, -0.05) is 55.1 Å². The van der Waals surface area contributed by atoms with Crippen LogP contribution in [0.2, 0.25) is 10.0 Å². The lowest BCUT2D eigenvalue weighted by molar-refractivity contribution is 0.0735. The first kappa shape index (κ1) is 19.3. The molecule has 4 heteroatoms. The smallest absolute Gasteiger partial charge is 0.343 e. The van der Waals surface area contributed by atoms with E-state index in [1.807, 2.05) is 12.1 Å². The fourth-order valence-electron chi connectivity index (χ4n) is 3.80. The highest BCUT2D eigenvalue weighted by atomic mass is 35.5. The van der Waals surface area contributed by atoms with Crippen molar-refractivity contribution in [3.63, 3.8) is 0 Å². The van der Waals surface area contributed by atoms with Gasteiger partial charge >= 0.3 is 5.97 Å². The molecule has 2 aromatic rings. The molecule has 0 aliphatic heterocycles. The third-order valence-electron chi connectivity index (χ3n) is 5.26. The topological polar surface area (TPSA) is 26.3 Å². The molecule has 3 rings (SSSR count). The van der Waals surface area contributed by atoms with Crippen LogP contribution in [0, 0.1) is 5.92 Å². The molecule has 2 nitrogen and oxygen atoms in total. The van der Waals surface area contributed by atoms with Crippen molar-refractivity contribution in [1.29, 1.82) is 0 Å². The molecular formula is C22H24Cl2O2. The molecule has 0 radical (unpaired) electrons. The van der Waals surface area contributed by atoms with E-state index in [1.54, 1.807) is 18.2 Å². The minimum atomic E-state index is -0.410. The summed E-state index contributed by atoms with van der Waals surface area (Å²) in [6.45, 7) is 2.26. The van der Waals surface area contributed by atoms with Crippen molar-refractivity contribution in [3.05, 3.63) is 63.6 Å². The fourth-order valence-corrected chi connectivity index (χ4v) is 4.25. The predicted molar refractivity (Wildman–Crippen MR) is 107 cm³/mol. The van der Waals surface area contributed by atoms with Crippen LogP contribution in [0.1, 0.15) is 67.3 Å². The number of benzene rings is 2. The quantitative estimate of drug-likeness (QED) is 0.395. The van der Waals surface area contributed by atoms with Crippen molar-refractivity contribution >= 4 is 29.2 Å². The van der Waals surface area contributed by atoms with Crippen molar-refractivity contribution in [3.8, 4) is 5.75 Å². The summed E-state index contributed by atoms with van der Waals surface area (Å²) >= 11 is 11.9. The van der Waals surface area contributed by atoms with Gasteiger partial charge in [0.15, 0.2) is 0 Å². The summed E-state index contributed by atoms with van der Waals surface area (Å²) in [6, 6.07) is 12.6. The van der Waals surface area contributed by atoms with Gasteiger partial charge in [0, 0.05) is 5.02 Å². The minimum absolute atomic E-state index is 0.319. The number of carbonyl (C=O) groups excluding carboxylic acids is 1. The van der Waals surface area contributed by atoms with E-state index >= 15 is 0 Å². The molecule has 0 N–H and O–H groups in total. The van der Waals surface area contributed by atoms with Gasteiger partial charge in [-0.15, -0.1) is 0 Å². The Morgan fingerprint density at radius 1 is 1.04 bits per heavy atom. The van der Waals surface area contributed by atoms with Crippen LogP contribution in [0.25, 0.3) is 0 Å². The van der Waals surface area contributed by atoms with Gasteiger partial charge in [0.05, 0.1) is 10.6 Å². The van der Waals surface area contributed by atoms with Crippen LogP contribution in [0.4, 0.5) is 0 Å². The highest BCUT2D eigenvalue weighted by molar-refractivity contribution is 6.35. The maximum atomic E-state index is 12.3. The number of hydrogen-bond donors (Lipinski definition) is 0. The van der Waals surface area contributed by atoms with E-state index in [-0.39, 0.29) is 0 Å². The highest BCUT2D eigenvalue weighted by Gasteiger charge is 2.22. The van der Waals surface area contributed by atoms with Gasteiger partial charge in [-0.3, -0.25) is 0 Å². The molecule has 0 spiro atoms. The van der Waals surface area contributed by atoms with Gasteiger partial charge in [-0.05, 0) is 73.4 Å². The minimum Gasteiger partial charge on any atom is -0.421 e. The number of rotatable bonds is 5. The van der Waals surface area contributed by atoms with Crippen LogP contribution in [0.5, 0.6) is 5.75 Å². The third kappa shape index (κ3) is 4.81.